The molecule has 18 heteroatoms. The average molecular weight is 651 g/mol. The second-order valence-corrected chi connectivity index (χ2v) is 11.3. The van der Waals surface area contributed by atoms with Gasteiger partial charge in [0.1, 0.15) is 17.1 Å². The lowest BCUT2D eigenvalue weighted by Gasteiger charge is -2.17. The summed E-state index contributed by atoms with van der Waals surface area (Å²) in [7, 11) is -1.70. The van der Waals surface area contributed by atoms with Crippen LogP contribution in [-0.4, -0.2) is 66.3 Å². The summed E-state index contributed by atoms with van der Waals surface area (Å²) in [6.07, 6.45) is -2.82. The van der Waals surface area contributed by atoms with Gasteiger partial charge in [0.15, 0.2) is 5.69 Å². The Hall–Kier alpha value is -4.57. The second-order valence-electron chi connectivity index (χ2n) is 9.68. The molecule has 4 rings (SSSR count). The molecule has 45 heavy (non-hydrogen) atoms. The molecular formula is C27H30F3N8O6P. The number of nitrogens with zero attached hydrogens (tertiary/aromatic N) is 5. The van der Waals surface area contributed by atoms with Crippen molar-refractivity contribution in [1.29, 1.82) is 0 Å². The summed E-state index contributed by atoms with van der Waals surface area (Å²) in [5, 5.41) is 21.2. The van der Waals surface area contributed by atoms with Crippen molar-refractivity contribution in [3.63, 3.8) is 0 Å². The molecule has 0 saturated carbocycles. The third-order valence-corrected chi connectivity index (χ3v) is 7.27. The number of amides is 1. The van der Waals surface area contributed by atoms with Crippen LogP contribution in [0.5, 0.6) is 5.75 Å². The summed E-state index contributed by atoms with van der Waals surface area (Å²) >= 11 is 0. The Labute approximate surface area is 254 Å². The number of nitrogens with one attached hydrogen (secondary N) is 3. The van der Waals surface area contributed by atoms with E-state index in [9.17, 15) is 32.3 Å². The molecule has 4 aromatic rings. The Morgan fingerprint density at radius 3 is 2.47 bits per heavy atom. The number of aliphatic hydroxyl groups excluding tert-OH is 1. The SMILES string of the molecule is CNC(=O)c1nc(-c2cnn(CCCO)c2C)ccc1Nc1nc(Nc2ccc(CP(=O)(O)O)cc2OC)ncc1C(F)(F)F. The number of pyridine rings is 1. The molecule has 0 saturated heterocycles. The Morgan fingerprint density at radius 1 is 1.09 bits per heavy atom. The molecule has 6 N–H and O–H groups in total. The average Bonchev–Trinajstić information content (AvgIpc) is 3.35. The molecule has 0 spiro atoms. The van der Waals surface area contributed by atoms with E-state index in [1.807, 2.05) is 0 Å². The van der Waals surface area contributed by atoms with Crippen LogP contribution in [0, 0.1) is 6.92 Å². The van der Waals surface area contributed by atoms with Crippen LogP contribution < -0.4 is 20.7 Å². The lowest BCUT2D eigenvalue weighted by atomic mass is 10.1. The molecule has 0 atom stereocenters. The third-order valence-electron chi connectivity index (χ3n) is 6.49. The number of aliphatic hydroxyl groups is 1. The minimum Gasteiger partial charge on any atom is -0.495 e. The molecule has 0 bridgehead atoms. The Morgan fingerprint density at radius 2 is 1.82 bits per heavy atom. The highest BCUT2D eigenvalue weighted by atomic mass is 31.2. The molecule has 0 aliphatic heterocycles. The van der Waals surface area contributed by atoms with Gasteiger partial charge in [-0.1, -0.05) is 6.07 Å². The van der Waals surface area contributed by atoms with E-state index in [1.54, 1.807) is 17.8 Å². The smallest absolute Gasteiger partial charge is 0.421 e. The number of ether oxygens (including phenoxy) is 1. The highest BCUT2D eigenvalue weighted by molar-refractivity contribution is 7.50. The molecule has 240 valence electrons. The maximum Gasteiger partial charge on any atom is 0.421 e. The van der Waals surface area contributed by atoms with Gasteiger partial charge in [0.05, 0.1) is 36.5 Å². The zero-order valence-corrected chi connectivity index (χ0v) is 25.1. The number of carbonyl (C=O) groups excluding carboxylic acids is 1. The number of anilines is 4. The van der Waals surface area contributed by atoms with Crippen LogP contribution in [0.15, 0.2) is 42.7 Å². The number of aromatic nitrogens is 5. The number of rotatable bonds is 12. The lowest BCUT2D eigenvalue weighted by Crippen LogP contribution is -2.21. The second kappa shape index (κ2) is 13.6. The number of halogens is 3. The number of carbonyl (C=O) groups is 1. The van der Waals surface area contributed by atoms with Crippen molar-refractivity contribution in [3.8, 4) is 17.0 Å². The number of aryl methyl sites for hydroxylation is 1. The Balaban J connectivity index is 1.71. The van der Waals surface area contributed by atoms with Crippen molar-refractivity contribution in [2.75, 3.05) is 31.4 Å². The van der Waals surface area contributed by atoms with Crippen molar-refractivity contribution in [1.82, 2.24) is 30.0 Å². The summed E-state index contributed by atoms with van der Waals surface area (Å²) in [6.45, 7) is 2.23. The first kappa shape index (κ1) is 33.3. The highest BCUT2D eigenvalue weighted by Crippen LogP contribution is 2.41. The molecule has 0 aliphatic rings. The monoisotopic (exact) mass is 650 g/mol. The third kappa shape index (κ3) is 8.13. The van der Waals surface area contributed by atoms with Gasteiger partial charge in [-0.25, -0.2) is 9.97 Å². The van der Waals surface area contributed by atoms with Crippen LogP contribution in [0.3, 0.4) is 0 Å². The maximum absolute atomic E-state index is 14.0. The van der Waals surface area contributed by atoms with Gasteiger partial charge in [0.25, 0.3) is 5.91 Å². The zero-order chi connectivity index (χ0) is 32.9. The zero-order valence-electron chi connectivity index (χ0n) is 24.3. The molecule has 0 aliphatic carbocycles. The fourth-order valence-electron chi connectivity index (χ4n) is 4.31. The summed E-state index contributed by atoms with van der Waals surface area (Å²) < 4.78 is 60.4. The molecular weight excluding hydrogens is 620 g/mol. The lowest BCUT2D eigenvalue weighted by molar-refractivity contribution is -0.137. The number of hydrogen-bond acceptors (Lipinski definition) is 10. The standard InChI is InChI=1S/C27H30F3N8O6P/c1-15-17(12-33-38(15)9-4-10-39)19-7-8-21(23(34-19)25(40)31-2)35-24-18(27(28,29)30)13-32-26(37-24)36-20-6-5-16(11-22(20)44-3)14-45(41,42)43/h5-8,11-13,39H,4,9-10,14H2,1-3H3,(H,31,40)(H2,41,42,43)(H2,32,35,36,37). The number of alkyl halides is 3. The minimum absolute atomic E-state index is 0.0204. The van der Waals surface area contributed by atoms with Gasteiger partial charge >= 0.3 is 13.8 Å². The molecule has 0 fully saturated rings. The first-order chi connectivity index (χ1) is 21.2. The highest BCUT2D eigenvalue weighted by Gasteiger charge is 2.36. The summed E-state index contributed by atoms with van der Waals surface area (Å²) in [5.74, 6) is -1.49. The van der Waals surface area contributed by atoms with Gasteiger partial charge in [-0.2, -0.15) is 23.3 Å². The molecule has 3 heterocycles. The van der Waals surface area contributed by atoms with E-state index >= 15 is 0 Å². The summed E-state index contributed by atoms with van der Waals surface area (Å²) in [4.78, 5) is 43.6. The van der Waals surface area contributed by atoms with E-state index in [0.717, 1.165) is 5.69 Å². The predicted octanol–water partition coefficient (Wildman–Crippen LogP) is 3.98. The molecule has 0 radical (unpaired) electrons. The fourth-order valence-corrected chi connectivity index (χ4v) is 4.99. The van der Waals surface area contributed by atoms with Gasteiger partial charge in [-0.05, 0) is 43.2 Å². The summed E-state index contributed by atoms with van der Waals surface area (Å²) in [6, 6.07) is 7.11. The number of hydrogen-bond donors (Lipinski definition) is 6. The normalized spacial score (nSPS) is 11.8. The quantitative estimate of drug-likeness (QED) is 0.121. The van der Waals surface area contributed by atoms with Crippen LogP contribution in [-0.2, 0) is 23.4 Å². The fraction of sp³-hybridized carbons (Fsp3) is 0.296. The van der Waals surface area contributed by atoms with E-state index in [4.69, 9.17) is 9.84 Å². The van der Waals surface area contributed by atoms with Crippen molar-refractivity contribution in [2.45, 2.75) is 32.2 Å². The predicted molar refractivity (Wildman–Crippen MR) is 158 cm³/mol. The van der Waals surface area contributed by atoms with E-state index in [-0.39, 0.29) is 40.9 Å². The van der Waals surface area contributed by atoms with Crippen LogP contribution in [0.25, 0.3) is 11.3 Å². The Kier molecular flexibility index (Phi) is 10.1. The number of benzene rings is 1. The first-order valence-electron chi connectivity index (χ1n) is 13.3. The maximum atomic E-state index is 14.0. The van der Waals surface area contributed by atoms with Gasteiger partial charge < -0.3 is 35.6 Å². The first-order valence-corrected chi connectivity index (χ1v) is 15.1. The van der Waals surface area contributed by atoms with Gasteiger partial charge in [0, 0.05) is 37.7 Å². The van der Waals surface area contributed by atoms with Crippen molar-refractivity contribution in [3.05, 3.63) is 65.2 Å². The minimum atomic E-state index is -4.87. The van der Waals surface area contributed by atoms with E-state index in [1.165, 1.54) is 44.5 Å². The Bertz CT molecular complexity index is 1740. The van der Waals surface area contributed by atoms with Crippen molar-refractivity contribution >= 4 is 36.6 Å². The molecule has 0 unspecified atom stereocenters. The topological polar surface area (TPSA) is 197 Å². The molecule has 1 aromatic carbocycles. The van der Waals surface area contributed by atoms with Gasteiger partial charge in [-0.3, -0.25) is 14.0 Å². The van der Waals surface area contributed by atoms with E-state index in [2.05, 4.69) is 36.0 Å². The summed E-state index contributed by atoms with van der Waals surface area (Å²) in [5.41, 5.74) is 0.646. The molecule has 3 aromatic heterocycles. The van der Waals surface area contributed by atoms with E-state index < -0.39 is 37.2 Å². The number of methoxy groups -OCH3 is 1. The van der Waals surface area contributed by atoms with Crippen LogP contribution in [0.4, 0.5) is 36.3 Å². The van der Waals surface area contributed by atoms with E-state index in [0.29, 0.717) is 30.4 Å². The van der Waals surface area contributed by atoms with Gasteiger partial charge in [-0.15, -0.1) is 0 Å². The molecule has 1 amide bonds. The van der Waals surface area contributed by atoms with Gasteiger partial charge in [0.2, 0.25) is 5.95 Å². The largest absolute Gasteiger partial charge is 0.495 e. The molecule has 14 nitrogen and oxygen atoms in total. The van der Waals surface area contributed by atoms with Crippen molar-refractivity contribution < 1.29 is 42.2 Å². The van der Waals surface area contributed by atoms with Crippen LogP contribution >= 0.6 is 7.60 Å². The van der Waals surface area contributed by atoms with Crippen LogP contribution in [0.2, 0.25) is 0 Å². The van der Waals surface area contributed by atoms with Crippen molar-refractivity contribution in [2.24, 2.45) is 0 Å². The van der Waals surface area contributed by atoms with Crippen LogP contribution in [0.1, 0.15) is 33.7 Å².